The molecule has 3 nitrogen and oxygen atoms in total. The summed E-state index contributed by atoms with van der Waals surface area (Å²) in [6, 6.07) is 0.148. The second kappa shape index (κ2) is 3.48. The monoisotopic (exact) mass is 157 g/mol. The second-order valence-electron chi connectivity index (χ2n) is 2.44. The first-order valence-corrected chi connectivity index (χ1v) is 3.55. The maximum absolute atomic E-state index is 12.0. The highest BCUT2D eigenvalue weighted by Gasteiger charge is 2.05. The third kappa shape index (κ3) is 1.77. The van der Waals surface area contributed by atoms with Gasteiger partial charge in [0.15, 0.2) is 0 Å². The predicted octanol–water partition coefficient (Wildman–Crippen LogP) is 1.16. The van der Waals surface area contributed by atoms with Gasteiger partial charge < -0.3 is 10.3 Å². The van der Waals surface area contributed by atoms with Crippen LogP contribution in [0.3, 0.4) is 0 Å². The molecule has 1 atom stereocenters. The lowest BCUT2D eigenvalue weighted by atomic mass is 10.3. The van der Waals surface area contributed by atoms with Crippen molar-refractivity contribution < 1.29 is 4.39 Å². The van der Waals surface area contributed by atoms with Crippen molar-refractivity contribution in [2.24, 2.45) is 0 Å². The molecule has 62 valence electrons. The molecule has 0 aromatic carbocycles. The molecule has 0 aliphatic heterocycles. The van der Waals surface area contributed by atoms with Crippen LogP contribution in [0.1, 0.15) is 24.5 Å². The first-order valence-electron chi connectivity index (χ1n) is 3.55. The van der Waals surface area contributed by atoms with Crippen LogP contribution in [0.15, 0.2) is 6.20 Å². The summed E-state index contributed by atoms with van der Waals surface area (Å²) in [5.74, 6) is 0.778. The van der Waals surface area contributed by atoms with Gasteiger partial charge >= 0.3 is 0 Å². The lowest BCUT2D eigenvalue weighted by Crippen LogP contribution is -2.13. The van der Waals surface area contributed by atoms with E-state index >= 15 is 0 Å². The van der Waals surface area contributed by atoms with E-state index in [9.17, 15) is 4.39 Å². The van der Waals surface area contributed by atoms with Gasteiger partial charge in [-0.05, 0) is 14.0 Å². The standard InChI is InChI=1S/C7H12FN3/c1-5(9-2)7-10-4-6(3-8)11-7/h4-5,9H,3H2,1-2H3,(H,10,11). The summed E-state index contributed by atoms with van der Waals surface area (Å²) in [5.41, 5.74) is 0.530. The molecule has 0 radical (unpaired) electrons. The Morgan fingerprint density at radius 1 is 1.82 bits per heavy atom. The summed E-state index contributed by atoms with van der Waals surface area (Å²) < 4.78 is 12.0. The quantitative estimate of drug-likeness (QED) is 0.691. The van der Waals surface area contributed by atoms with E-state index in [0.717, 1.165) is 5.82 Å². The van der Waals surface area contributed by atoms with Crippen LogP contribution in [0.5, 0.6) is 0 Å². The van der Waals surface area contributed by atoms with E-state index in [1.807, 2.05) is 14.0 Å². The maximum atomic E-state index is 12.0. The molecule has 0 aliphatic carbocycles. The number of hydrogen-bond donors (Lipinski definition) is 2. The molecular formula is C7H12FN3. The van der Waals surface area contributed by atoms with Crippen LogP contribution >= 0.6 is 0 Å². The van der Waals surface area contributed by atoms with Crippen LogP contribution in [0.25, 0.3) is 0 Å². The minimum Gasteiger partial charge on any atom is -0.342 e. The molecule has 11 heavy (non-hydrogen) atoms. The van der Waals surface area contributed by atoms with E-state index in [-0.39, 0.29) is 6.04 Å². The van der Waals surface area contributed by atoms with Crippen molar-refractivity contribution in [2.75, 3.05) is 7.05 Å². The molecule has 0 amide bonds. The van der Waals surface area contributed by atoms with Crippen molar-refractivity contribution in [3.63, 3.8) is 0 Å². The summed E-state index contributed by atoms with van der Waals surface area (Å²) in [6.45, 7) is 1.48. The molecule has 1 aromatic rings. The van der Waals surface area contributed by atoms with Gasteiger partial charge in [-0.1, -0.05) is 0 Å². The normalized spacial score (nSPS) is 13.4. The second-order valence-corrected chi connectivity index (χ2v) is 2.44. The number of imidazole rings is 1. The van der Waals surface area contributed by atoms with Crippen LogP contribution in [0, 0.1) is 0 Å². The number of nitrogens with zero attached hydrogens (tertiary/aromatic N) is 1. The fraction of sp³-hybridized carbons (Fsp3) is 0.571. The lowest BCUT2D eigenvalue weighted by molar-refractivity contribution is 0.475. The van der Waals surface area contributed by atoms with Crippen LogP contribution < -0.4 is 5.32 Å². The number of hydrogen-bond acceptors (Lipinski definition) is 2. The number of nitrogens with one attached hydrogen (secondary N) is 2. The van der Waals surface area contributed by atoms with Crippen molar-refractivity contribution in [1.82, 2.24) is 15.3 Å². The first kappa shape index (κ1) is 8.20. The predicted molar refractivity (Wildman–Crippen MR) is 40.9 cm³/mol. The summed E-state index contributed by atoms with van der Waals surface area (Å²) in [5, 5.41) is 3.00. The number of halogens is 1. The molecule has 1 heterocycles. The smallest absolute Gasteiger partial charge is 0.131 e. The largest absolute Gasteiger partial charge is 0.342 e. The number of alkyl halides is 1. The Kier molecular flexibility index (Phi) is 2.59. The summed E-state index contributed by atoms with van der Waals surface area (Å²) in [6.07, 6.45) is 1.52. The Hall–Kier alpha value is -0.900. The molecule has 0 saturated heterocycles. The van der Waals surface area contributed by atoms with Crippen molar-refractivity contribution in [3.05, 3.63) is 17.7 Å². The lowest BCUT2D eigenvalue weighted by Gasteiger charge is -2.04. The van der Waals surface area contributed by atoms with E-state index in [2.05, 4.69) is 15.3 Å². The van der Waals surface area contributed by atoms with Gasteiger partial charge in [0.25, 0.3) is 0 Å². The molecule has 0 saturated carbocycles. The van der Waals surface area contributed by atoms with Crippen LogP contribution in [0.2, 0.25) is 0 Å². The highest BCUT2D eigenvalue weighted by molar-refractivity contribution is 5.02. The van der Waals surface area contributed by atoms with Crippen LogP contribution in [-0.4, -0.2) is 17.0 Å². The Labute approximate surface area is 65.0 Å². The molecular weight excluding hydrogens is 145 g/mol. The number of aromatic nitrogens is 2. The molecule has 0 spiro atoms. The van der Waals surface area contributed by atoms with Crippen molar-refractivity contribution in [3.8, 4) is 0 Å². The van der Waals surface area contributed by atoms with Crippen molar-refractivity contribution >= 4 is 0 Å². The van der Waals surface area contributed by atoms with Crippen LogP contribution in [0.4, 0.5) is 4.39 Å². The van der Waals surface area contributed by atoms with Gasteiger partial charge in [-0.3, -0.25) is 0 Å². The zero-order valence-electron chi connectivity index (χ0n) is 6.69. The fourth-order valence-corrected chi connectivity index (χ4v) is 0.801. The summed E-state index contributed by atoms with van der Waals surface area (Å²) >= 11 is 0. The van der Waals surface area contributed by atoms with Gasteiger partial charge in [0.1, 0.15) is 12.5 Å². The van der Waals surface area contributed by atoms with Gasteiger partial charge in [-0.25, -0.2) is 9.37 Å². The molecule has 0 bridgehead atoms. The summed E-state index contributed by atoms with van der Waals surface area (Å²) in [4.78, 5) is 6.86. The maximum Gasteiger partial charge on any atom is 0.131 e. The van der Waals surface area contributed by atoms with E-state index < -0.39 is 6.67 Å². The third-order valence-electron chi connectivity index (χ3n) is 1.64. The zero-order chi connectivity index (χ0) is 8.27. The topological polar surface area (TPSA) is 40.7 Å². The van der Waals surface area contributed by atoms with Crippen LogP contribution in [-0.2, 0) is 6.67 Å². The van der Waals surface area contributed by atoms with E-state index in [1.165, 1.54) is 6.20 Å². The highest BCUT2D eigenvalue weighted by Crippen LogP contribution is 2.07. The minimum absolute atomic E-state index is 0.148. The molecule has 2 N–H and O–H groups in total. The van der Waals surface area contributed by atoms with Crippen molar-refractivity contribution in [1.29, 1.82) is 0 Å². The summed E-state index contributed by atoms with van der Waals surface area (Å²) in [7, 11) is 1.84. The first-order chi connectivity index (χ1) is 5.27. The van der Waals surface area contributed by atoms with Crippen molar-refractivity contribution in [2.45, 2.75) is 19.6 Å². The van der Waals surface area contributed by atoms with E-state index in [4.69, 9.17) is 0 Å². The number of H-pyrrole nitrogens is 1. The van der Waals surface area contributed by atoms with Gasteiger partial charge in [0, 0.05) is 0 Å². The fourth-order valence-electron chi connectivity index (χ4n) is 0.801. The minimum atomic E-state index is -0.483. The number of aromatic amines is 1. The molecule has 1 aromatic heterocycles. The van der Waals surface area contributed by atoms with Gasteiger partial charge in [-0.2, -0.15) is 0 Å². The van der Waals surface area contributed by atoms with Gasteiger partial charge in [0.2, 0.25) is 0 Å². The van der Waals surface area contributed by atoms with Gasteiger partial charge in [0.05, 0.1) is 17.9 Å². The third-order valence-corrected chi connectivity index (χ3v) is 1.64. The van der Waals surface area contributed by atoms with Gasteiger partial charge in [-0.15, -0.1) is 0 Å². The Morgan fingerprint density at radius 3 is 3.00 bits per heavy atom. The average Bonchev–Trinajstić information content (AvgIpc) is 2.50. The molecule has 1 unspecified atom stereocenters. The number of rotatable bonds is 3. The Morgan fingerprint density at radius 2 is 2.55 bits per heavy atom. The molecule has 0 fully saturated rings. The van der Waals surface area contributed by atoms with E-state index in [1.54, 1.807) is 0 Å². The average molecular weight is 157 g/mol. The zero-order valence-corrected chi connectivity index (χ0v) is 6.69. The molecule has 4 heteroatoms. The highest BCUT2D eigenvalue weighted by atomic mass is 19.1. The molecule has 0 aliphatic rings. The van der Waals surface area contributed by atoms with E-state index in [0.29, 0.717) is 5.69 Å². The Balaban J connectivity index is 2.71. The molecule has 1 rings (SSSR count). The SMILES string of the molecule is CNC(C)c1ncc(CF)[nH]1. The Bertz CT molecular complexity index is 221.